The molecule has 20 heavy (non-hydrogen) atoms. The third kappa shape index (κ3) is 3.08. The number of benzene rings is 1. The van der Waals surface area contributed by atoms with Crippen molar-refractivity contribution in [1.29, 1.82) is 0 Å². The topological polar surface area (TPSA) is 77.2 Å². The van der Waals surface area contributed by atoms with Gasteiger partial charge in [0.25, 0.3) is 0 Å². The van der Waals surface area contributed by atoms with E-state index in [0.717, 1.165) is 5.56 Å². The quantitative estimate of drug-likeness (QED) is 0.899. The highest BCUT2D eigenvalue weighted by molar-refractivity contribution is 9.10. The van der Waals surface area contributed by atoms with Crippen molar-refractivity contribution in [2.24, 2.45) is 0 Å². The highest BCUT2D eigenvalue weighted by Gasteiger charge is 2.12. The predicted molar refractivity (Wildman–Crippen MR) is 81.9 cm³/mol. The number of hydrogen-bond donors (Lipinski definition) is 2. The summed E-state index contributed by atoms with van der Waals surface area (Å²) < 4.78 is 6.44. The van der Waals surface area contributed by atoms with Crippen molar-refractivity contribution < 1.29 is 9.53 Å². The van der Waals surface area contributed by atoms with Crippen molar-refractivity contribution in [1.82, 2.24) is 4.98 Å². The summed E-state index contributed by atoms with van der Waals surface area (Å²) in [5, 5.41) is 2.71. The maximum atomic E-state index is 11.2. The fraction of sp³-hybridized carbons (Fsp3) is 0.143. The molecule has 0 radical (unpaired) electrons. The van der Waals surface area contributed by atoms with Gasteiger partial charge in [0, 0.05) is 6.92 Å². The second-order valence-corrected chi connectivity index (χ2v) is 5.03. The number of pyridine rings is 1. The minimum Gasteiger partial charge on any atom is -0.436 e. The third-order valence-electron chi connectivity index (χ3n) is 2.68. The zero-order valence-electron chi connectivity index (χ0n) is 11.1. The number of hydrogen-bond acceptors (Lipinski definition) is 4. The summed E-state index contributed by atoms with van der Waals surface area (Å²) in [5.74, 6) is 0.746. The fourth-order valence-corrected chi connectivity index (χ4v) is 2.00. The van der Waals surface area contributed by atoms with Gasteiger partial charge in [-0.2, -0.15) is 0 Å². The molecule has 1 amide bonds. The van der Waals surface area contributed by atoms with Crippen LogP contribution >= 0.6 is 15.9 Å². The predicted octanol–water partition coefficient (Wildman–Crippen LogP) is 3.49. The molecule has 1 heterocycles. The Kier molecular flexibility index (Phi) is 4.24. The van der Waals surface area contributed by atoms with Crippen LogP contribution in [0.15, 0.2) is 34.9 Å². The largest absolute Gasteiger partial charge is 0.436 e. The first kappa shape index (κ1) is 14.3. The number of nitrogens with zero attached hydrogens (tertiary/aromatic N) is 1. The summed E-state index contributed by atoms with van der Waals surface area (Å²) in [5.41, 5.74) is 7.80. The lowest BCUT2D eigenvalue weighted by atomic mass is 10.2. The molecule has 6 heteroatoms. The first-order valence-electron chi connectivity index (χ1n) is 5.94. The molecular weight excluding hydrogens is 322 g/mol. The summed E-state index contributed by atoms with van der Waals surface area (Å²) in [4.78, 5) is 15.3. The Labute approximate surface area is 125 Å². The van der Waals surface area contributed by atoms with E-state index in [1.54, 1.807) is 12.1 Å². The number of halogens is 1. The van der Waals surface area contributed by atoms with E-state index in [4.69, 9.17) is 10.5 Å². The second kappa shape index (κ2) is 5.92. The van der Waals surface area contributed by atoms with Crippen molar-refractivity contribution in [3.05, 3.63) is 40.5 Å². The number of amides is 1. The van der Waals surface area contributed by atoms with Gasteiger partial charge in [-0.3, -0.25) is 4.79 Å². The number of anilines is 2. The number of nitrogens with two attached hydrogens (primary N) is 1. The van der Waals surface area contributed by atoms with Crippen LogP contribution in [0.25, 0.3) is 0 Å². The molecule has 0 bridgehead atoms. The molecule has 5 nitrogen and oxygen atoms in total. The van der Waals surface area contributed by atoms with Crippen LogP contribution in [0.3, 0.4) is 0 Å². The Morgan fingerprint density at radius 1 is 1.40 bits per heavy atom. The summed E-state index contributed by atoms with van der Waals surface area (Å²) in [6.45, 7) is 3.31. The van der Waals surface area contributed by atoms with Gasteiger partial charge in [-0.1, -0.05) is 12.1 Å². The van der Waals surface area contributed by atoms with Crippen LogP contribution in [-0.4, -0.2) is 10.9 Å². The summed E-state index contributed by atoms with van der Waals surface area (Å²) in [6.07, 6.45) is 1.54. The number of nitrogens with one attached hydrogen (secondary N) is 1. The number of rotatable bonds is 3. The smallest absolute Gasteiger partial charge is 0.234 e. The van der Waals surface area contributed by atoms with Gasteiger partial charge in [0.15, 0.2) is 5.75 Å². The first-order valence-corrected chi connectivity index (χ1v) is 6.73. The van der Waals surface area contributed by atoms with E-state index in [0.29, 0.717) is 27.5 Å². The lowest BCUT2D eigenvalue weighted by Crippen LogP contribution is -2.07. The average Bonchev–Trinajstić information content (AvgIpc) is 2.41. The number of aromatic nitrogens is 1. The van der Waals surface area contributed by atoms with Gasteiger partial charge >= 0.3 is 0 Å². The molecule has 2 aromatic rings. The Bertz CT molecular complexity index is 659. The fourth-order valence-electron chi connectivity index (χ4n) is 1.59. The van der Waals surface area contributed by atoms with E-state index in [1.165, 1.54) is 13.1 Å². The highest BCUT2D eigenvalue weighted by Crippen LogP contribution is 2.35. The van der Waals surface area contributed by atoms with Gasteiger partial charge in [-0.25, -0.2) is 4.98 Å². The summed E-state index contributed by atoms with van der Waals surface area (Å²) >= 11 is 3.41. The van der Waals surface area contributed by atoms with Crippen molar-refractivity contribution in [3.63, 3.8) is 0 Å². The van der Waals surface area contributed by atoms with Crippen molar-refractivity contribution >= 4 is 33.2 Å². The van der Waals surface area contributed by atoms with Crippen LogP contribution in [0.4, 0.5) is 11.4 Å². The van der Waals surface area contributed by atoms with E-state index in [2.05, 4.69) is 26.2 Å². The third-order valence-corrected chi connectivity index (χ3v) is 3.61. The van der Waals surface area contributed by atoms with Gasteiger partial charge in [-0.15, -0.1) is 0 Å². The molecule has 0 saturated carbocycles. The number of carbonyl (C=O) groups is 1. The Balaban J connectivity index is 2.35. The van der Waals surface area contributed by atoms with Crippen LogP contribution in [0.5, 0.6) is 11.6 Å². The lowest BCUT2D eigenvalue weighted by Gasteiger charge is -2.13. The summed E-state index contributed by atoms with van der Waals surface area (Å²) in [7, 11) is 0. The molecule has 0 fully saturated rings. The van der Waals surface area contributed by atoms with Gasteiger partial charge < -0.3 is 15.8 Å². The average molecular weight is 336 g/mol. The molecule has 2 rings (SSSR count). The molecule has 1 aromatic heterocycles. The van der Waals surface area contributed by atoms with E-state index >= 15 is 0 Å². The normalized spacial score (nSPS) is 10.2. The maximum Gasteiger partial charge on any atom is 0.234 e. The van der Waals surface area contributed by atoms with Crippen LogP contribution in [0.2, 0.25) is 0 Å². The molecule has 0 spiro atoms. The molecule has 0 atom stereocenters. The Hall–Kier alpha value is -2.08. The number of nitrogen functional groups attached to an aromatic ring is 1. The van der Waals surface area contributed by atoms with Gasteiger partial charge in [-0.05, 0) is 40.5 Å². The molecule has 0 unspecified atom stereocenters. The first-order chi connectivity index (χ1) is 9.49. The molecule has 1 aromatic carbocycles. The monoisotopic (exact) mass is 335 g/mol. The van der Waals surface area contributed by atoms with Crippen LogP contribution < -0.4 is 15.8 Å². The molecular formula is C14H14BrN3O2. The minimum absolute atomic E-state index is 0.165. The molecule has 0 saturated heterocycles. The van der Waals surface area contributed by atoms with E-state index < -0.39 is 0 Å². The zero-order valence-corrected chi connectivity index (χ0v) is 12.7. The van der Waals surface area contributed by atoms with E-state index in [9.17, 15) is 4.79 Å². The zero-order chi connectivity index (χ0) is 14.7. The molecule has 0 aliphatic heterocycles. The minimum atomic E-state index is -0.165. The van der Waals surface area contributed by atoms with Gasteiger partial charge in [0.2, 0.25) is 11.8 Å². The van der Waals surface area contributed by atoms with Crippen LogP contribution in [0, 0.1) is 6.92 Å². The Morgan fingerprint density at radius 3 is 2.80 bits per heavy atom. The van der Waals surface area contributed by atoms with Crippen molar-refractivity contribution in [2.45, 2.75) is 13.8 Å². The van der Waals surface area contributed by atoms with Crippen molar-refractivity contribution in [3.8, 4) is 11.6 Å². The number of para-hydroxylation sites is 2. The summed E-state index contributed by atoms with van der Waals surface area (Å²) in [6, 6.07) is 7.15. The van der Waals surface area contributed by atoms with Crippen molar-refractivity contribution in [2.75, 3.05) is 11.1 Å². The Morgan fingerprint density at radius 2 is 2.10 bits per heavy atom. The number of carbonyl (C=O) groups excluding carboxylic acids is 1. The standard InChI is InChI=1S/C14H14BrN3O2/c1-8-10(16)7-17-14(13(8)15)20-12-6-4-3-5-11(12)18-9(2)19/h3-7H,16H2,1-2H3,(H,18,19). The number of ether oxygens (including phenoxy) is 1. The van der Waals surface area contributed by atoms with Crippen LogP contribution in [-0.2, 0) is 4.79 Å². The maximum absolute atomic E-state index is 11.2. The van der Waals surface area contributed by atoms with Gasteiger partial charge in [0.05, 0.1) is 22.0 Å². The van der Waals surface area contributed by atoms with E-state index in [1.807, 2.05) is 19.1 Å². The molecule has 0 aliphatic carbocycles. The van der Waals surface area contributed by atoms with Crippen LogP contribution in [0.1, 0.15) is 12.5 Å². The molecule has 0 aliphatic rings. The SMILES string of the molecule is CC(=O)Nc1ccccc1Oc1ncc(N)c(C)c1Br. The molecule has 104 valence electrons. The second-order valence-electron chi connectivity index (χ2n) is 4.24. The molecule has 3 N–H and O–H groups in total. The van der Waals surface area contributed by atoms with E-state index in [-0.39, 0.29) is 5.91 Å². The van der Waals surface area contributed by atoms with Gasteiger partial charge in [0.1, 0.15) is 0 Å². The lowest BCUT2D eigenvalue weighted by molar-refractivity contribution is -0.114. The highest BCUT2D eigenvalue weighted by atomic mass is 79.9.